The molecule has 2 N–H and O–H groups in total. The maximum Gasteiger partial charge on any atom is 0.191 e. The molecule has 23 heavy (non-hydrogen) atoms. The maximum absolute atomic E-state index is 10.9. The van der Waals surface area contributed by atoms with Gasteiger partial charge in [-0.05, 0) is 17.7 Å². The summed E-state index contributed by atoms with van der Waals surface area (Å²) < 4.78 is 27.1. The highest BCUT2D eigenvalue weighted by atomic mass is 127. The van der Waals surface area contributed by atoms with Crippen LogP contribution in [0.15, 0.2) is 29.3 Å². The fraction of sp³-hybridized carbons (Fsp3) is 0.500. The Bertz CT molecular complexity index is 579. The molecule has 0 unspecified atom stereocenters. The highest BCUT2D eigenvalue weighted by Crippen LogP contribution is 2.08. The third-order valence-corrected chi connectivity index (χ3v) is 3.89. The van der Waals surface area contributed by atoms with Crippen molar-refractivity contribution in [1.29, 1.82) is 0 Å². The number of nitrogens with zero attached hydrogens (tertiary/aromatic N) is 1. The van der Waals surface area contributed by atoms with Gasteiger partial charge in [-0.2, -0.15) is 0 Å². The molecule has 0 aliphatic rings. The zero-order chi connectivity index (χ0) is 16.4. The van der Waals surface area contributed by atoms with Crippen LogP contribution in [0.5, 0.6) is 0 Å². The average molecular weight is 476 g/mol. The van der Waals surface area contributed by atoms with E-state index >= 15 is 0 Å². The quantitative estimate of drug-likeness (QED) is 0.259. The molecular formula is C14H23ClIN3O3S. The van der Waals surface area contributed by atoms with Crippen LogP contribution in [0.4, 0.5) is 0 Å². The first-order valence-corrected chi connectivity index (χ1v) is 9.29. The van der Waals surface area contributed by atoms with Gasteiger partial charge < -0.3 is 15.4 Å². The topological polar surface area (TPSA) is 79.8 Å². The Balaban J connectivity index is 0.00000484. The molecule has 6 nitrogen and oxygen atoms in total. The highest BCUT2D eigenvalue weighted by Gasteiger charge is 2.02. The van der Waals surface area contributed by atoms with E-state index in [1.54, 1.807) is 7.05 Å². The standard InChI is InChI=1S/C14H22ClN3O3S.HI/c1-16-14(17-7-8-21-9-10-22(2,19)20)18-11-12-3-5-13(15)6-4-12;/h3-6H,7-11H2,1-2H3,(H2,16,17,18);1H. The van der Waals surface area contributed by atoms with Gasteiger partial charge in [-0.3, -0.25) is 4.99 Å². The Morgan fingerprint density at radius 1 is 1.22 bits per heavy atom. The van der Waals surface area contributed by atoms with Gasteiger partial charge in [-0.25, -0.2) is 8.42 Å². The predicted molar refractivity (Wildman–Crippen MR) is 106 cm³/mol. The van der Waals surface area contributed by atoms with Gasteiger partial charge in [0.1, 0.15) is 9.84 Å². The molecule has 0 radical (unpaired) electrons. The summed E-state index contributed by atoms with van der Waals surface area (Å²) in [4.78, 5) is 4.09. The van der Waals surface area contributed by atoms with E-state index in [2.05, 4.69) is 15.6 Å². The second-order valence-corrected chi connectivity index (χ2v) is 7.42. The minimum absolute atomic E-state index is 0. The van der Waals surface area contributed by atoms with Crippen molar-refractivity contribution >= 4 is 51.4 Å². The molecule has 1 rings (SSSR count). The predicted octanol–water partition coefficient (Wildman–Crippen LogP) is 1.68. The molecule has 0 spiro atoms. The van der Waals surface area contributed by atoms with E-state index in [0.29, 0.717) is 30.7 Å². The number of sulfone groups is 1. The summed E-state index contributed by atoms with van der Waals surface area (Å²) in [6, 6.07) is 7.56. The van der Waals surface area contributed by atoms with E-state index in [9.17, 15) is 8.42 Å². The van der Waals surface area contributed by atoms with Crippen molar-refractivity contribution in [3.8, 4) is 0 Å². The van der Waals surface area contributed by atoms with Gasteiger partial charge in [-0.15, -0.1) is 24.0 Å². The van der Waals surface area contributed by atoms with Crippen LogP contribution in [0.2, 0.25) is 5.02 Å². The lowest BCUT2D eigenvalue weighted by Gasteiger charge is -2.12. The number of nitrogens with one attached hydrogen (secondary N) is 2. The molecule has 0 atom stereocenters. The average Bonchev–Trinajstić information content (AvgIpc) is 2.46. The SMILES string of the molecule is CN=C(NCCOCCS(C)(=O)=O)NCc1ccc(Cl)cc1.I. The lowest BCUT2D eigenvalue weighted by molar-refractivity contribution is 0.154. The summed E-state index contributed by atoms with van der Waals surface area (Å²) in [5, 5.41) is 6.96. The summed E-state index contributed by atoms with van der Waals surface area (Å²) in [7, 11) is -1.28. The zero-order valence-electron chi connectivity index (χ0n) is 13.2. The molecule has 0 aromatic heterocycles. The Hall–Kier alpha value is -0.580. The number of guanidine groups is 1. The molecule has 0 fully saturated rings. The Morgan fingerprint density at radius 2 is 1.87 bits per heavy atom. The van der Waals surface area contributed by atoms with Gasteiger partial charge in [0, 0.05) is 31.4 Å². The summed E-state index contributed by atoms with van der Waals surface area (Å²) in [6.45, 7) is 1.80. The van der Waals surface area contributed by atoms with E-state index < -0.39 is 9.84 Å². The number of hydrogen-bond donors (Lipinski definition) is 2. The van der Waals surface area contributed by atoms with Gasteiger partial charge in [0.15, 0.2) is 5.96 Å². The van der Waals surface area contributed by atoms with Crippen molar-refractivity contribution in [2.45, 2.75) is 6.54 Å². The summed E-state index contributed by atoms with van der Waals surface area (Å²) >= 11 is 5.83. The van der Waals surface area contributed by atoms with Gasteiger partial charge in [0.05, 0.1) is 19.0 Å². The smallest absolute Gasteiger partial charge is 0.191 e. The zero-order valence-corrected chi connectivity index (χ0v) is 17.1. The van der Waals surface area contributed by atoms with Crippen molar-refractivity contribution in [2.75, 3.05) is 38.8 Å². The van der Waals surface area contributed by atoms with E-state index in [0.717, 1.165) is 5.56 Å². The van der Waals surface area contributed by atoms with Crippen LogP contribution < -0.4 is 10.6 Å². The molecule has 1 aromatic carbocycles. The molecule has 0 saturated heterocycles. The van der Waals surface area contributed by atoms with E-state index in [4.69, 9.17) is 16.3 Å². The number of rotatable bonds is 8. The van der Waals surface area contributed by atoms with Crippen molar-refractivity contribution < 1.29 is 13.2 Å². The molecular weight excluding hydrogens is 453 g/mol. The van der Waals surface area contributed by atoms with Gasteiger partial charge >= 0.3 is 0 Å². The van der Waals surface area contributed by atoms with Crippen LogP contribution in [0.25, 0.3) is 0 Å². The van der Waals surface area contributed by atoms with E-state index in [1.165, 1.54) is 6.26 Å². The van der Waals surface area contributed by atoms with Gasteiger partial charge in [0.2, 0.25) is 0 Å². The number of aliphatic imine (C=N–C) groups is 1. The molecule has 0 aliphatic carbocycles. The lowest BCUT2D eigenvalue weighted by Crippen LogP contribution is -2.38. The Kier molecular flexibility index (Phi) is 11.6. The molecule has 0 bridgehead atoms. The number of halogens is 2. The normalized spacial score (nSPS) is 11.7. The van der Waals surface area contributed by atoms with Crippen LogP contribution in [0, 0.1) is 0 Å². The summed E-state index contributed by atoms with van der Waals surface area (Å²) in [5.41, 5.74) is 1.09. The van der Waals surface area contributed by atoms with E-state index in [-0.39, 0.29) is 36.3 Å². The Morgan fingerprint density at radius 3 is 2.43 bits per heavy atom. The summed E-state index contributed by atoms with van der Waals surface area (Å²) in [6.07, 6.45) is 1.19. The second-order valence-electron chi connectivity index (χ2n) is 4.72. The summed E-state index contributed by atoms with van der Waals surface area (Å²) in [5.74, 6) is 0.693. The number of hydrogen-bond acceptors (Lipinski definition) is 4. The van der Waals surface area contributed by atoms with Crippen molar-refractivity contribution in [3.63, 3.8) is 0 Å². The first-order valence-electron chi connectivity index (χ1n) is 6.85. The fourth-order valence-corrected chi connectivity index (χ4v) is 2.11. The van der Waals surface area contributed by atoms with Gasteiger partial charge in [-0.1, -0.05) is 23.7 Å². The molecule has 0 aliphatic heterocycles. The third kappa shape index (κ3) is 11.6. The van der Waals surface area contributed by atoms with E-state index in [1.807, 2.05) is 24.3 Å². The Labute approximate surface area is 160 Å². The molecule has 132 valence electrons. The monoisotopic (exact) mass is 475 g/mol. The molecule has 9 heteroatoms. The third-order valence-electron chi connectivity index (χ3n) is 2.73. The fourth-order valence-electron chi connectivity index (χ4n) is 1.56. The molecule has 1 aromatic rings. The van der Waals surface area contributed by atoms with Crippen molar-refractivity contribution in [2.24, 2.45) is 4.99 Å². The number of ether oxygens (including phenoxy) is 1. The van der Waals surface area contributed by atoms with Crippen LogP contribution in [-0.4, -0.2) is 53.2 Å². The molecule has 0 amide bonds. The van der Waals surface area contributed by atoms with Gasteiger partial charge in [0.25, 0.3) is 0 Å². The second kappa shape index (κ2) is 11.9. The number of benzene rings is 1. The minimum Gasteiger partial charge on any atom is -0.379 e. The maximum atomic E-state index is 10.9. The van der Waals surface area contributed by atoms with Crippen LogP contribution in [0.3, 0.4) is 0 Å². The minimum atomic E-state index is -2.97. The van der Waals surface area contributed by atoms with Crippen molar-refractivity contribution in [3.05, 3.63) is 34.9 Å². The molecule has 0 saturated carbocycles. The highest BCUT2D eigenvalue weighted by molar-refractivity contribution is 14.0. The van der Waals surface area contributed by atoms with Crippen LogP contribution in [-0.2, 0) is 21.1 Å². The van der Waals surface area contributed by atoms with Crippen LogP contribution >= 0.6 is 35.6 Å². The van der Waals surface area contributed by atoms with Crippen LogP contribution in [0.1, 0.15) is 5.56 Å². The first-order chi connectivity index (χ1) is 10.4. The van der Waals surface area contributed by atoms with Crippen molar-refractivity contribution in [1.82, 2.24) is 10.6 Å². The largest absolute Gasteiger partial charge is 0.379 e. The first kappa shape index (κ1) is 22.4. The lowest BCUT2D eigenvalue weighted by atomic mass is 10.2. The molecule has 0 heterocycles.